The molecule has 0 aromatic heterocycles. The highest BCUT2D eigenvalue weighted by Gasteiger charge is 2.20. The molecule has 1 aromatic rings. The largest absolute Gasteiger partial charge is 0.303 e. The highest BCUT2D eigenvalue weighted by atomic mass is 16.1. The summed E-state index contributed by atoms with van der Waals surface area (Å²) in [5.41, 5.74) is 4.29. The number of carbonyl (C=O) groups excluding carboxylic acids is 1. The van der Waals surface area contributed by atoms with Gasteiger partial charge in [-0.25, -0.2) is 0 Å². The summed E-state index contributed by atoms with van der Waals surface area (Å²) < 4.78 is 0. The smallest absolute Gasteiger partial charge is 0.120 e. The van der Waals surface area contributed by atoms with E-state index in [1.165, 1.54) is 16.7 Å². The highest BCUT2D eigenvalue weighted by molar-refractivity contribution is 5.50. The summed E-state index contributed by atoms with van der Waals surface area (Å²) in [4.78, 5) is 10.5. The molecule has 0 amide bonds. The van der Waals surface area contributed by atoms with E-state index in [2.05, 4.69) is 59.7 Å². The summed E-state index contributed by atoms with van der Waals surface area (Å²) in [6.07, 6.45) is 2.45. The molecule has 0 fully saturated rings. The van der Waals surface area contributed by atoms with Crippen molar-refractivity contribution >= 4 is 6.29 Å². The Bertz CT molecular complexity index is 384. The van der Waals surface area contributed by atoms with Gasteiger partial charge in [0.15, 0.2) is 0 Å². The van der Waals surface area contributed by atoms with E-state index in [0.717, 1.165) is 12.7 Å². The van der Waals surface area contributed by atoms with Crippen molar-refractivity contribution in [2.24, 2.45) is 0 Å². The fourth-order valence-electron chi connectivity index (χ4n) is 1.93. The van der Waals surface area contributed by atoms with Crippen LogP contribution in [0.15, 0.2) is 18.2 Å². The summed E-state index contributed by atoms with van der Waals surface area (Å²) in [5.74, 6) is 0. The molecule has 1 rings (SSSR count). The van der Waals surface area contributed by atoms with E-state index in [0.29, 0.717) is 6.42 Å². The molecule has 0 spiro atoms. The summed E-state index contributed by atoms with van der Waals surface area (Å²) in [5, 5.41) is 0. The van der Waals surface area contributed by atoms with Crippen molar-refractivity contribution in [2.45, 2.75) is 65.2 Å². The average molecular weight is 246 g/mol. The zero-order valence-electron chi connectivity index (χ0n) is 12.6. The fourth-order valence-corrected chi connectivity index (χ4v) is 1.93. The Labute approximate surface area is 112 Å². The number of carbonyl (C=O) groups is 1. The van der Waals surface area contributed by atoms with Crippen LogP contribution in [0.1, 0.15) is 64.7 Å². The first-order valence-corrected chi connectivity index (χ1v) is 6.73. The van der Waals surface area contributed by atoms with E-state index < -0.39 is 0 Å². The van der Waals surface area contributed by atoms with Crippen molar-refractivity contribution in [2.75, 3.05) is 0 Å². The van der Waals surface area contributed by atoms with Crippen LogP contribution in [0.5, 0.6) is 0 Å². The topological polar surface area (TPSA) is 17.1 Å². The van der Waals surface area contributed by atoms with Gasteiger partial charge in [-0.3, -0.25) is 0 Å². The van der Waals surface area contributed by atoms with Crippen molar-refractivity contribution in [1.82, 2.24) is 0 Å². The molecule has 18 heavy (non-hydrogen) atoms. The molecule has 0 unspecified atom stereocenters. The van der Waals surface area contributed by atoms with Gasteiger partial charge in [-0.2, -0.15) is 0 Å². The zero-order valence-corrected chi connectivity index (χ0v) is 12.6. The predicted molar refractivity (Wildman–Crippen MR) is 78.2 cm³/mol. The molecule has 0 aliphatic rings. The summed E-state index contributed by atoms with van der Waals surface area (Å²) in [6, 6.07) is 6.81. The number of rotatable bonds is 3. The number of benzene rings is 1. The molecular formula is C17H26O. The van der Waals surface area contributed by atoms with Crippen LogP contribution in [0, 0.1) is 0 Å². The van der Waals surface area contributed by atoms with Gasteiger partial charge >= 0.3 is 0 Å². The van der Waals surface area contributed by atoms with E-state index in [9.17, 15) is 4.79 Å². The Hall–Kier alpha value is -1.11. The zero-order chi connectivity index (χ0) is 14.0. The Balaban J connectivity index is 3.24. The Morgan fingerprint density at radius 3 is 1.67 bits per heavy atom. The predicted octanol–water partition coefficient (Wildman–Crippen LogP) is 4.41. The first kappa shape index (κ1) is 14.9. The first-order valence-electron chi connectivity index (χ1n) is 6.73. The highest BCUT2D eigenvalue weighted by Crippen LogP contribution is 2.30. The first-order chi connectivity index (χ1) is 8.14. The molecule has 0 saturated heterocycles. The van der Waals surface area contributed by atoms with Crippen LogP contribution in [0.4, 0.5) is 0 Å². The van der Waals surface area contributed by atoms with Crippen LogP contribution in [0.25, 0.3) is 0 Å². The molecule has 0 radical (unpaired) electrons. The third kappa shape index (κ3) is 3.97. The maximum absolute atomic E-state index is 10.5. The summed E-state index contributed by atoms with van der Waals surface area (Å²) in [7, 11) is 0. The second kappa shape index (κ2) is 5.26. The number of aryl methyl sites for hydroxylation is 1. The van der Waals surface area contributed by atoms with Gasteiger partial charge in [0.1, 0.15) is 6.29 Å². The minimum absolute atomic E-state index is 0.150. The van der Waals surface area contributed by atoms with Crippen molar-refractivity contribution in [3.8, 4) is 0 Å². The second-order valence-electron chi connectivity index (χ2n) is 7.12. The van der Waals surface area contributed by atoms with Crippen LogP contribution in [-0.2, 0) is 22.0 Å². The maximum Gasteiger partial charge on any atom is 0.120 e. The monoisotopic (exact) mass is 246 g/mol. The molecule has 0 saturated carbocycles. The molecular weight excluding hydrogens is 220 g/mol. The summed E-state index contributed by atoms with van der Waals surface area (Å²) in [6.45, 7) is 13.4. The van der Waals surface area contributed by atoms with E-state index >= 15 is 0 Å². The van der Waals surface area contributed by atoms with Gasteiger partial charge in [0, 0.05) is 6.42 Å². The van der Waals surface area contributed by atoms with Crippen molar-refractivity contribution in [1.29, 1.82) is 0 Å². The van der Waals surface area contributed by atoms with Gasteiger partial charge < -0.3 is 4.79 Å². The normalized spacial score (nSPS) is 12.6. The third-order valence-electron chi connectivity index (χ3n) is 3.28. The van der Waals surface area contributed by atoms with Crippen LogP contribution in [0.3, 0.4) is 0 Å². The van der Waals surface area contributed by atoms with Crippen LogP contribution < -0.4 is 0 Å². The van der Waals surface area contributed by atoms with E-state index in [4.69, 9.17) is 0 Å². The lowest BCUT2D eigenvalue weighted by Gasteiger charge is -2.26. The number of hydrogen-bond acceptors (Lipinski definition) is 1. The van der Waals surface area contributed by atoms with Gasteiger partial charge in [0.05, 0.1) is 0 Å². The number of aldehydes is 1. The van der Waals surface area contributed by atoms with Crippen molar-refractivity contribution in [3.05, 3.63) is 34.9 Å². The lowest BCUT2D eigenvalue weighted by Crippen LogP contribution is -2.17. The fraction of sp³-hybridized carbons (Fsp3) is 0.588. The third-order valence-corrected chi connectivity index (χ3v) is 3.28. The lowest BCUT2D eigenvalue weighted by molar-refractivity contribution is -0.107. The van der Waals surface area contributed by atoms with E-state index in [-0.39, 0.29) is 10.8 Å². The van der Waals surface area contributed by atoms with Crippen LogP contribution >= 0.6 is 0 Å². The molecule has 0 heterocycles. The van der Waals surface area contributed by atoms with E-state index in [1.54, 1.807) is 0 Å². The molecule has 0 atom stereocenters. The molecule has 1 nitrogen and oxygen atoms in total. The quantitative estimate of drug-likeness (QED) is 0.722. The minimum atomic E-state index is 0.150. The van der Waals surface area contributed by atoms with Gasteiger partial charge in [-0.05, 0) is 33.9 Å². The Morgan fingerprint density at radius 1 is 0.889 bits per heavy atom. The Morgan fingerprint density at radius 2 is 1.33 bits per heavy atom. The number of hydrogen-bond donors (Lipinski definition) is 0. The van der Waals surface area contributed by atoms with Crippen molar-refractivity contribution < 1.29 is 4.79 Å². The molecule has 1 aromatic carbocycles. The second-order valence-corrected chi connectivity index (χ2v) is 7.12. The Kier molecular flexibility index (Phi) is 4.37. The molecule has 0 aliphatic carbocycles. The molecule has 0 bridgehead atoms. The molecule has 0 N–H and O–H groups in total. The molecule has 100 valence electrons. The summed E-state index contributed by atoms with van der Waals surface area (Å²) >= 11 is 0. The lowest BCUT2D eigenvalue weighted by atomic mass is 9.79. The van der Waals surface area contributed by atoms with Gasteiger partial charge in [-0.1, -0.05) is 59.7 Å². The average Bonchev–Trinajstić information content (AvgIpc) is 2.23. The van der Waals surface area contributed by atoms with Gasteiger partial charge in [-0.15, -0.1) is 0 Å². The van der Waals surface area contributed by atoms with Crippen LogP contribution in [0.2, 0.25) is 0 Å². The van der Waals surface area contributed by atoms with E-state index in [1.807, 2.05) is 0 Å². The van der Waals surface area contributed by atoms with Gasteiger partial charge in [0.25, 0.3) is 0 Å². The van der Waals surface area contributed by atoms with Gasteiger partial charge in [0.2, 0.25) is 0 Å². The molecule has 0 aliphatic heterocycles. The SMILES string of the molecule is CC(C)(C)c1cc(CCC=O)cc(C(C)(C)C)c1. The van der Waals surface area contributed by atoms with Crippen molar-refractivity contribution in [3.63, 3.8) is 0 Å². The minimum Gasteiger partial charge on any atom is -0.303 e. The molecule has 1 heteroatoms. The van der Waals surface area contributed by atoms with Crippen LogP contribution in [-0.4, -0.2) is 6.29 Å². The standard InChI is InChI=1S/C17H26O/c1-16(2,3)14-10-13(8-7-9-18)11-15(12-14)17(4,5)6/h9-12H,7-8H2,1-6H3. The maximum atomic E-state index is 10.5.